The summed E-state index contributed by atoms with van der Waals surface area (Å²) in [6.45, 7) is 1.55. The van der Waals surface area contributed by atoms with Crippen LogP contribution in [0.25, 0.3) is 0 Å². The Kier molecular flexibility index (Phi) is 4.50. The van der Waals surface area contributed by atoms with Crippen molar-refractivity contribution < 1.29 is 9.53 Å². The van der Waals surface area contributed by atoms with Gasteiger partial charge in [0.2, 0.25) is 5.88 Å². The fraction of sp³-hybridized carbons (Fsp3) is 0.421. The first-order valence-corrected chi connectivity index (χ1v) is 8.87. The van der Waals surface area contributed by atoms with Crippen molar-refractivity contribution in [1.29, 1.82) is 0 Å². The average molecular weight is 338 g/mol. The lowest BCUT2D eigenvalue weighted by molar-refractivity contribution is 0.0929. The molecule has 0 atom stereocenters. The Morgan fingerprint density at radius 3 is 2.64 bits per heavy atom. The van der Waals surface area contributed by atoms with Gasteiger partial charge in [0.1, 0.15) is 11.9 Å². The number of anilines is 1. The third-order valence-electron chi connectivity index (χ3n) is 4.78. The lowest BCUT2D eigenvalue weighted by Gasteiger charge is -2.40. The van der Waals surface area contributed by atoms with Crippen LogP contribution in [-0.2, 0) is 0 Å². The molecule has 2 aromatic rings. The number of hydrogen-bond donors (Lipinski definition) is 1. The van der Waals surface area contributed by atoms with Gasteiger partial charge in [0, 0.05) is 31.5 Å². The van der Waals surface area contributed by atoms with E-state index in [-0.39, 0.29) is 18.1 Å². The molecule has 6 nitrogen and oxygen atoms in total. The summed E-state index contributed by atoms with van der Waals surface area (Å²) in [6.07, 6.45) is 8.29. The summed E-state index contributed by atoms with van der Waals surface area (Å²) in [5, 5.41) is 3.04. The van der Waals surface area contributed by atoms with Crippen molar-refractivity contribution in [2.75, 3.05) is 18.0 Å². The summed E-state index contributed by atoms with van der Waals surface area (Å²) < 4.78 is 5.83. The molecule has 1 aliphatic carbocycles. The van der Waals surface area contributed by atoms with E-state index in [1.54, 1.807) is 24.5 Å². The standard InChI is InChI=1S/C19H22N4O2/c24-19(22-15-12-23(13-15)17-7-3-4-10-20-17)14-8-9-18(21-11-14)25-16-5-1-2-6-16/h3-4,7-11,15-16H,1-2,5-6,12-13H2,(H,22,24). The van der Waals surface area contributed by atoms with Crippen molar-refractivity contribution in [2.24, 2.45) is 0 Å². The summed E-state index contributed by atoms with van der Waals surface area (Å²) in [4.78, 5) is 23.0. The van der Waals surface area contributed by atoms with Gasteiger partial charge in [0.15, 0.2) is 0 Å². The van der Waals surface area contributed by atoms with Crippen LogP contribution in [0.3, 0.4) is 0 Å². The van der Waals surface area contributed by atoms with Gasteiger partial charge in [-0.2, -0.15) is 0 Å². The number of ether oxygens (including phenoxy) is 1. The second-order valence-corrected chi connectivity index (χ2v) is 6.67. The quantitative estimate of drug-likeness (QED) is 0.907. The van der Waals surface area contributed by atoms with Crippen molar-refractivity contribution in [3.8, 4) is 5.88 Å². The Balaban J connectivity index is 1.27. The van der Waals surface area contributed by atoms with Gasteiger partial charge < -0.3 is 15.0 Å². The summed E-state index contributed by atoms with van der Waals surface area (Å²) >= 11 is 0. The van der Waals surface area contributed by atoms with Crippen LogP contribution in [0, 0.1) is 0 Å². The van der Waals surface area contributed by atoms with Gasteiger partial charge in [-0.15, -0.1) is 0 Å². The number of carbonyl (C=O) groups excluding carboxylic acids is 1. The van der Waals surface area contributed by atoms with Crippen molar-refractivity contribution in [2.45, 2.75) is 37.8 Å². The van der Waals surface area contributed by atoms with E-state index in [0.717, 1.165) is 31.7 Å². The fourth-order valence-electron chi connectivity index (χ4n) is 3.33. The van der Waals surface area contributed by atoms with Gasteiger partial charge in [-0.05, 0) is 43.9 Å². The second kappa shape index (κ2) is 7.09. The van der Waals surface area contributed by atoms with Crippen LogP contribution < -0.4 is 15.0 Å². The zero-order valence-electron chi connectivity index (χ0n) is 14.1. The number of nitrogens with zero attached hydrogens (tertiary/aromatic N) is 3. The maximum Gasteiger partial charge on any atom is 0.253 e. The zero-order valence-corrected chi connectivity index (χ0v) is 14.1. The monoisotopic (exact) mass is 338 g/mol. The molecule has 2 aliphatic rings. The van der Waals surface area contributed by atoms with E-state index in [9.17, 15) is 4.79 Å². The van der Waals surface area contributed by atoms with Crippen LogP contribution in [0.4, 0.5) is 5.82 Å². The highest BCUT2D eigenvalue weighted by Crippen LogP contribution is 2.23. The van der Waals surface area contributed by atoms with Gasteiger partial charge in [-0.3, -0.25) is 4.79 Å². The zero-order chi connectivity index (χ0) is 17.1. The molecular weight excluding hydrogens is 316 g/mol. The van der Waals surface area contributed by atoms with Gasteiger partial charge in [-0.1, -0.05) is 6.07 Å². The molecule has 1 N–H and O–H groups in total. The third-order valence-corrected chi connectivity index (χ3v) is 4.78. The Labute approximate surface area is 147 Å². The molecule has 130 valence electrons. The highest BCUT2D eigenvalue weighted by Gasteiger charge is 2.29. The van der Waals surface area contributed by atoms with Gasteiger partial charge >= 0.3 is 0 Å². The molecule has 3 heterocycles. The van der Waals surface area contributed by atoms with Crippen molar-refractivity contribution in [3.05, 3.63) is 48.3 Å². The molecule has 1 saturated carbocycles. The van der Waals surface area contributed by atoms with E-state index in [0.29, 0.717) is 11.4 Å². The Bertz CT molecular complexity index is 708. The molecule has 2 fully saturated rings. The molecule has 6 heteroatoms. The highest BCUT2D eigenvalue weighted by atomic mass is 16.5. The minimum absolute atomic E-state index is 0.0920. The summed E-state index contributed by atoms with van der Waals surface area (Å²) in [7, 11) is 0. The van der Waals surface area contributed by atoms with Crippen LogP contribution in [0.5, 0.6) is 5.88 Å². The summed E-state index contributed by atoms with van der Waals surface area (Å²) in [5.74, 6) is 1.46. The number of amides is 1. The molecule has 25 heavy (non-hydrogen) atoms. The Morgan fingerprint density at radius 2 is 1.96 bits per heavy atom. The molecule has 2 aromatic heterocycles. The minimum atomic E-state index is -0.0920. The smallest absolute Gasteiger partial charge is 0.253 e. The number of rotatable bonds is 5. The van der Waals surface area contributed by atoms with E-state index in [1.165, 1.54) is 12.8 Å². The molecule has 0 radical (unpaired) electrons. The van der Waals surface area contributed by atoms with Crippen LogP contribution in [0.15, 0.2) is 42.7 Å². The number of pyridine rings is 2. The Morgan fingerprint density at radius 1 is 1.12 bits per heavy atom. The van der Waals surface area contributed by atoms with Gasteiger partial charge in [0.05, 0.1) is 11.6 Å². The SMILES string of the molecule is O=C(NC1CN(c2ccccn2)C1)c1ccc(OC2CCCC2)nc1. The predicted molar refractivity (Wildman–Crippen MR) is 94.8 cm³/mol. The molecule has 1 amide bonds. The van der Waals surface area contributed by atoms with Crippen LogP contribution in [0.1, 0.15) is 36.0 Å². The molecule has 0 spiro atoms. The fourth-order valence-corrected chi connectivity index (χ4v) is 3.33. The van der Waals surface area contributed by atoms with E-state index in [2.05, 4.69) is 20.2 Å². The molecule has 1 aliphatic heterocycles. The van der Waals surface area contributed by atoms with E-state index < -0.39 is 0 Å². The molecule has 4 rings (SSSR count). The number of carbonyl (C=O) groups is 1. The normalized spacial score (nSPS) is 18.0. The van der Waals surface area contributed by atoms with Crippen LogP contribution >= 0.6 is 0 Å². The maximum atomic E-state index is 12.3. The summed E-state index contributed by atoms with van der Waals surface area (Å²) in [5.41, 5.74) is 0.565. The summed E-state index contributed by atoms with van der Waals surface area (Å²) in [6, 6.07) is 9.55. The van der Waals surface area contributed by atoms with Crippen molar-refractivity contribution in [1.82, 2.24) is 15.3 Å². The molecule has 0 aromatic carbocycles. The van der Waals surface area contributed by atoms with Crippen LogP contribution in [-0.4, -0.2) is 41.1 Å². The second-order valence-electron chi connectivity index (χ2n) is 6.67. The Hall–Kier alpha value is -2.63. The van der Waals surface area contributed by atoms with Crippen molar-refractivity contribution in [3.63, 3.8) is 0 Å². The molecule has 0 unspecified atom stereocenters. The van der Waals surface area contributed by atoms with E-state index >= 15 is 0 Å². The topological polar surface area (TPSA) is 67.4 Å². The first-order chi connectivity index (χ1) is 12.3. The lowest BCUT2D eigenvalue weighted by Crippen LogP contribution is -2.59. The van der Waals surface area contributed by atoms with Crippen LogP contribution in [0.2, 0.25) is 0 Å². The lowest BCUT2D eigenvalue weighted by atomic mass is 10.1. The average Bonchev–Trinajstić information content (AvgIpc) is 3.12. The van der Waals surface area contributed by atoms with Gasteiger partial charge in [0.25, 0.3) is 5.91 Å². The first-order valence-electron chi connectivity index (χ1n) is 8.87. The molecular formula is C19H22N4O2. The van der Waals surface area contributed by atoms with Crippen molar-refractivity contribution >= 4 is 11.7 Å². The van der Waals surface area contributed by atoms with E-state index in [4.69, 9.17) is 4.74 Å². The third kappa shape index (κ3) is 3.73. The number of hydrogen-bond acceptors (Lipinski definition) is 5. The highest BCUT2D eigenvalue weighted by molar-refractivity contribution is 5.94. The maximum absolute atomic E-state index is 12.3. The van der Waals surface area contributed by atoms with E-state index in [1.807, 2.05) is 18.2 Å². The predicted octanol–water partition coefficient (Wildman–Crippen LogP) is 2.42. The number of aromatic nitrogens is 2. The largest absolute Gasteiger partial charge is 0.474 e. The molecule has 1 saturated heterocycles. The van der Waals surface area contributed by atoms with Gasteiger partial charge in [-0.25, -0.2) is 9.97 Å². The number of nitrogens with one attached hydrogen (secondary N) is 1. The first kappa shape index (κ1) is 15.9. The minimum Gasteiger partial charge on any atom is -0.474 e. The molecule has 0 bridgehead atoms.